The highest BCUT2D eigenvalue weighted by atomic mass is 16.5. The van der Waals surface area contributed by atoms with Gasteiger partial charge in [-0.1, -0.05) is 18.2 Å². The standard InChI is InChI=1S/C14H18N4O2/c1-3-20-11(2)14(19)15-9-13-17-16-10-18(13)12-7-5-4-6-8-12/h4-8,10-11H,3,9H2,1-2H3,(H,15,19). The van der Waals surface area contributed by atoms with Crippen LogP contribution in [-0.4, -0.2) is 33.4 Å². The third kappa shape index (κ3) is 3.42. The van der Waals surface area contributed by atoms with Crippen LogP contribution in [0.4, 0.5) is 0 Å². The van der Waals surface area contributed by atoms with Crippen LogP contribution in [0.3, 0.4) is 0 Å². The normalized spacial score (nSPS) is 12.1. The first-order valence-corrected chi connectivity index (χ1v) is 6.56. The number of rotatable bonds is 6. The summed E-state index contributed by atoms with van der Waals surface area (Å²) in [5.74, 6) is 0.516. The summed E-state index contributed by atoms with van der Waals surface area (Å²) in [5.41, 5.74) is 0.958. The van der Waals surface area contributed by atoms with E-state index in [1.807, 2.05) is 41.8 Å². The summed E-state index contributed by atoms with van der Waals surface area (Å²) < 4.78 is 7.07. The van der Waals surface area contributed by atoms with Gasteiger partial charge in [0.15, 0.2) is 5.82 Å². The lowest BCUT2D eigenvalue weighted by molar-refractivity contribution is -0.131. The summed E-state index contributed by atoms with van der Waals surface area (Å²) in [5, 5.41) is 10.7. The minimum absolute atomic E-state index is 0.158. The smallest absolute Gasteiger partial charge is 0.249 e. The summed E-state index contributed by atoms with van der Waals surface area (Å²) in [6.45, 7) is 4.40. The van der Waals surface area contributed by atoms with Crippen LogP contribution >= 0.6 is 0 Å². The topological polar surface area (TPSA) is 69.0 Å². The van der Waals surface area contributed by atoms with E-state index in [9.17, 15) is 4.79 Å². The zero-order chi connectivity index (χ0) is 14.4. The lowest BCUT2D eigenvalue weighted by Gasteiger charge is -2.12. The lowest BCUT2D eigenvalue weighted by atomic mass is 10.3. The number of hydrogen-bond acceptors (Lipinski definition) is 4. The van der Waals surface area contributed by atoms with Crippen LogP contribution in [0.2, 0.25) is 0 Å². The first-order valence-electron chi connectivity index (χ1n) is 6.56. The van der Waals surface area contributed by atoms with Crippen LogP contribution < -0.4 is 5.32 Å². The fraction of sp³-hybridized carbons (Fsp3) is 0.357. The maximum absolute atomic E-state index is 11.8. The summed E-state index contributed by atoms with van der Waals surface area (Å²) in [6, 6.07) is 9.73. The molecule has 1 N–H and O–H groups in total. The van der Waals surface area contributed by atoms with E-state index in [4.69, 9.17) is 4.74 Å². The van der Waals surface area contributed by atoms with Crippen LogP contribution in [0.1, 0.15) is 19.7 Å². The van der Waals surface area contributed by atoms with Crippen molar-refractivity contribution in [1.82, 2.24) is 20.1 Å². The lowest BCUT2D eigenvalue weighted by Crippen LogP contribution is -2.34. The minimum atomic E-state index is -0.465. The predicted molar refractivity (Wildman–Crippen MR) is 74.3 cm³/mol. The molecule has 0 aliphatic carbocycles. The molecule has 0 aliphatic heterocycles. The van der Waals surface area contributed by atoms with E-state index >= 15 is 0 Å². The number of hydrogen-bond donors (Lipinski definition) is 1. The Hall–Kier alpha value is -2.21. The van der Waals surface area contributed by atoms with Crippen LogP contribution in [0.25, 0.3) is 5.69 Å². The second kappa shape index (κ2) is 6.81. The van der Waals surface area contributed by atoms with Gasteiger partial charge in [-0.3, -0.25) is 9.36 Å². The van der Waals surface area contributed by atoms with E-state index in [2.05, 4.69) is 15.5 Å². The highest BCUT2D eigenvalue weighted by Gasteiger charge is 2.13. The Morgan fingerprint density at radius 1 is 1.40 bits per heavy atom. The summed E-state index contributed by atoms with van der Waals surface area (Å²) >= 11 is 0. The zero-order valence-corrected chi connectivity index (χ0v) is 11.6. The van der Waals surface area contributed by atoms with Crippen LogP contribution in [0.5, 0.6) is 0 Å². The molecule has 0 spiro atoms. The number of benzene rings is 1. The molecule has 0 saturated carbocycles. The number of aromatic nitrogens is 3. The van der Waals surface area contributed by atoms with Gasteiger partial charge in [0.2, 0.25) is 5.91 Å². The van der Waals surface area contributed by atoms with Gasteiger partial charge in [-0.15, -0.1) is 10.2 Å². The highest BCUT2D eigenvalue weighted by Crippen LogP contribution is 2.08. The van der Waals surface area contributed by atoms with E-state index < -0.39 is 6.10 Å². The second-order valence-electron chi connectivity index (χ2n) is 4.27. The van der Waals surface area contributed by atoms with E-state index in [0.29, 0.717) is 19.0 Å². The van der Waals surface area contributed by atoms with Crippen molar-refractivity contribution in [3.8, 4) is 5.69 Å². The van der Waals surface area contributed by atoms with Gasteiger partial charge in [0.1, 0.15) is 12.4 Å². The first-order chi connectivity index (χ1) is 9.72. The molecule has 0 bridgehead atoms. The molecular formula is C14H18N4O2. The van der Waals surface area contributed by atoms with Gasteiger partial charge < -0.3 is 10.1 Å². The molecule has 6 heteroatoms. The molecule has 1 aromatic heterocycles. The highest BCUT2D eigenvalue weighted by molar-refractivity contribution is 5.80. The summed E-state index contributed by atoms with van der Waals surface area (Å²) in [7, 11) is 0. The van der Waals surface area contributed by atoms with Crippen molar-refractivity contribution in [3.63, 3.8) is 0 Å². The molecule has 1 atom stereocenters. The quantitative estimate of drug-likeness (QED) is 0.862. The Kier molecular flexibility index (Phi) is 4.84. The van der Waals surface area contributed by atoms with E-state index in [1.165, 1.54) is 0 Å². The molecule has 2 rings (SSSR count). The molecule has 6 nitrogen and oxygen atoms in total. The number of carbonyl (C=O) groups is 1. The van der Waals surface area contributed by atoms with Crippen molar-refractivity contribution in [2.45, 2.75) is 26.5 Å². The SMILES string of the molecule is CCOC(C)C(=O)NCc1nncn1-c1ccccc1. The van der Waals surface area contributed by atoms with Crippen molar-refractivity contribution in [3.05, 3.63) is 42.5 Å². The third-order valence-corrected chi connectivity index (χ3v) is 2.86. The minimum Gasteiger partial charge on any atom is -0.369 e. The maximum atomic E-state index is 11.8. The van der Waals surface area contributed by atoms with Gasteiger partial charge >= 0.3 is 0 Å². The molecule has 0 fully saturated rings. The van der Waals surface area contributed by atoms with Crippen LogP contribution in [0, 0.1) is 0 Å². The number of ether oxygens (including phenoxy) is 1. The average molecular weight is 274 g/mol. The van der Waals surface area contributed by atoms with Crippen molar-refractivity contribution in [2.24, 2.45) is 0 Å². The molecule has 0 saturated heterocycles. The van der Waals surface area contributed by atoms with Gasteiger partial charge in [0.05, 0.1) is 6.54 Å². The second-order valence-corrected chi connectivity index (χ2v) is 4.27. The maximum Gasteiger partial charge on any atom is 0.249 e. The zero-order valence-electron chi connectivity index (χ0n) is 11.6. The Labute approximate surface area is 117 Å². The van der Waals surface area contributed by atoms with Gasteiger partial charge in [-0.05, 0) is 26.0 Å². The van der Waals surface area contributed by atoms with Gasteiger partial charge in [0, 0.05) is 12.3 Å². The van der Waals surface area contributed by atoms with Crippen molar-refractivity contribution in [2.75, 3.05) is 6.61 Å². The number of carbonyl (C=O) groups excluding carboxylic acids is 1. The molecular weight excluding hydrogens is 256 g/mol. The molecule has 0 radical (unpaired) electrons. The molecule has 1 heterocycles. The number of nitrogens with one attached hydrogen (secondary N) is 1. The summed E-state index contributed by atoms with van der Waals surface area (Å²) in [4.78, 5) is 11.8. The molecule has 0 aliphatic rings. The average Bonchev–Trinajstić information content (AvgIpc) is 2.94. The third-order valence-electron chi connectivity index (χ3n) is 2.86. The van der Waals surface area contributed by atoms with Gasteiger partial charge in [0.25, 0.3) is 0 Å². The fourth-order valence-corrected chi connectivity index (χ4v) is 1.82. The Bertz CT molecular complexity index is 553. The number of para-hydroxylation sites is 1. The molecule has 2 aromatic rings. The molecule has 1 aromatic carbocycles. The van der Waals surface area contributed by atoms with Crippen LogP contribution in [0.15, 0.2) is 36.7 Å². The monoisotopic (exact) mass is 274 g/mol. The van der Waals surface area contributed by atoms with Crippen molar-refractivity contribution < 1.29 is 9.53 Å². The predicted octanol–water partition coefficient (Wildman–Crippen LogP) is 1.31. The number of amides is 1. The van der Waals surface area contributed by atoms with Gasteiger partial charge in [-0.2, -0.15) is 0 Å². The van der Waals surface area contributed by atoms with E-state index in [-0.39, 0.29) is 5.91 Å². The van der Waals surface area contributed by atoms with Crippen molar-refractivity contribution in [1.29, 1.82) is 0 Å². The Morgan fingerprint density at radius 2 is 2.15 bits per heavy atom. The fourth-order valence-electron chi connectivity index (χ4n) is 1.82. The molecule has 1 amide bonds. The molecule has 106 valence electrons. The number of nitrogens with zero attached hydrogens (tertiary/aromatic N) is 3. The van der Waals surface area contributed by atoms with Crippen molar-refractivity contribution >= 4 is 5.91 Å². The largest absolute Gasteiger partial charge is 0.369 e. The van der Waals surface area contributed by atoms with Gasteiger partial charge in [-0.25, -0.2) is 0 Å². The van der Waals surface area contributed by atoms with Crippen LogP contribution in [-0.2, 0) is 16.1 Å². The molecule has 1 unspecified atom stereocenters. The molecule has 20 heavy (non-hydrogen) atoms. The Morgan fingerprint density at radius 3 is 2.85 bits per heavy atom. The Balaban J connectivity index is 2.01. The van der Waals surface area contributed by atoms with E-state index in [1.54, 1.807) is 13.3 Å². The summed E-state index contributed by atoms with van der Waals surface area (Å²) in [6.07, 6.45) is 1.16. The van der Waals surface area contributed by atoms with E-state index in [0.717, 1.165) is 5.69 Å². The first kappa shape index (κ1) is 14.2.